The van der Waals surface area contributed by atoms with E-state index in [1.807, 2.05) is 41.3 Å². The van der Waals surface area contributed by atoms with Crippen molar-refractivity contribution < 1.29 is 23.7 Å². The maximum Gasteiger partial charge on any atom is 0.253 e. The van der Waals surface area contributed by atoms with Gasteiger partial charge in [-0.15, -0.1) is 0 Å². The maximum atomic E-state index is 13.1. The smallest absolute Gasteiger partial charge is 0.253 e. The molecule has 1 amide bonds. The van der Waals surface area contributed by atoms with Crippen molar-refractivity contribution in [3.8, 4) is 11.5 Å². The van der Waals surface area contributed by atoms with E-state index in [9.17, 15) is 4.79 Å². The summed E-state index contributed by atoms with van der Waals surface area (Å²) in [7, 11) is 3.30. The number of likely N-dealkylation sites (tertiary alicyclic amines) is 1. The van der Waals surface area contributed by atoms with Crippen LogP contribution in [-0.4, -0.2) is 73.6 Å². The minimum Gasteiger partial charge on any atom is -0.493 e. The van der Waals surface area contributed by atoms with E-state index in [2.05, 4.69) is 16.0 Å². The second kappa shape index (κ2) is 12.1. The third-order valence-electron chi connectivity index (χ3n) is 7.90. The number of hydrogen-bond donors (Lipinski definition) is 0. The summed E-state index contributed by atoms with van der Waals surface area (Å²) >= 11 is 7.94. The molecule has 2 fully saturated rings. The number of hydrogen-bond acceptors (Lipinski definition) is 9. The van der Waals surface area contributed by atoms with Gasteiger partial charge in [0.05, 0.1) is 27.4 Å². The average Bonchev–Trinajstić information content (AvgIpc) is 3.46. The van der Waals surface area contributed by atoms with Gasteiger partial charge in [-0.1, -0.05) is 35.5 Å². The van der Waals surface area contributed by atoms with E-state index >= 15 is 0 Å². The Labute approximate surface area is 249 Å². The van der Waals surface area contributed by atoms with Crippen LogP contribution in [0.1, 0.15) is 39.9 Å². The first-order chi connectivity index (χ1) is 19.9. The monoisotopic (exact) mass is 596 g/mol. The molecule has 11 heteroatoms. The molecule has 3 aromatic rings. The largest absolute Gasteiger partial charge is 0.493 e. The maximum absolute atomic E-state index is 13.1. The molecule has 0 bridgehead atoms. The van der Waals surface area contributed by atoms with Crippen LogP contribution in [0.5, 0.6) is 11.5 Å². The number of ether oxygens (including phenoxy) is 4. The fourth-order valence-corrected chi connectivity index (χ4v) is 6.64. The predicted octanol–water partition coefficient (Wildman–Crippen LogP) is 4.98. The van der Waals surface area contributed by atoms with Crippen LogP contribution < -0.4 is 14.4 Å². The van der Waals surface area contributed by atoms with Crippen LogP contribution in [-0.2, 0) is 28.2 Å². The van der Waals surface area contributed by atoms with Crippen molar-refractivity contribution in [1.82, 2.24) is 14.9 Å². The normalized spacial score (nSPS) is 17.9. The van der Waals surface area contributed by atoms with E-state index in [0.717, 1.165) is 35.8 Å². The van der Waals surface area contributed by atoms with Crippen molar-refractivity contribution in [2.75, 3.05) is 52.0 Å². The molecule has 216 valence electrons. The number of halogens is 1. The molecule has 0 N–H and O–H groups in total. The summed E-state index contributed by atoms with van der Waals surface area (Å²) in [4.78, 5) is 26.4. The van der Waals surface area contributed by atoms with Gasteiger partial charge in [0.1, 0.15) is 11.0 Å². The summed E-state index contributed by atoms with van der Waals surface area (Å²) in [5.74, 6) is 2.48. The lowest BCUT2D eigenvalue weighted by molar-refractivity contribution is -0.181. The first-order valence-corrected chi connectivity index (χ1v) is 15.1. The predicted molar refractivity (Wildman–Crippen MR) is 157 cm³/mol. The summed E-state index contributed by atoms with van der Waals surface area (Å²) in [6.45, 7) is 4.04. The number of anilines is 1. The second-order valence-electron chi connectivity index (χ2n) is 10.4. The van der Waals surface area contributed by atoms with Crippen LogP contribution in [0.3, 0.4) is 0 Å². The molecule has 2 saturated heterocycles. The zero-order chi connectivity index (χ0) is 28.4. The second-order valence-corrected chi connectivity index (χ2v) is 11.7. The van der Waals surface area contributed by atoms with E-state index in [-0.39, 0.29) is 5.91 Å². The van der Waals surface area contributed by atoms with Crippen LogP contribution in [0.15, 0.2) is 47.6 Å². The summed E-state index contributed by atoms with van der Waals surface area (Å²) < 4.78 is 22.5. The SMILES string of the molecule is COc1cc2c(cc1OC)CN(c1cc(Cl)nc(SCc3ccc(C(=O)N4CCC5(CC4)OCCO5)cc3)n1)CC2. The van der Waals surface area contributed by atoms with Gasteiger partial charge in [0.2, 0.25) is 0 Å². The number of piperidine rings is 1. The summed E-state index contributed by atoms with van der Waals surface area (Å²) in [5, 5.41) is 1.03. The van der Waals surface area contributed by atoms with Crippen molar-refractivity contribution in [1.29, 1.82) is 0 Å². The topological polar surface area (TPSA) is 86.3 Å². The molecule has 1 aromatic heterocycles. The van der Waals surface area contributed by atoms with Crippen LogP contribution >= 0.6 is 23.4 Å². The molecule has 1 spiro atoms. The standard InChI is InChI=1S/C30H33ClN4O5S/c1-37-24-15-22-7-10-35(18-23(22)16-25(24)38-2)27-17-26(31)32-29(33-27)41-19-20-3-5-21(6-4-20)28(36)34-11-8-30(9-12-34)39-13-14-40-30/h3-6,15-17H,7-14,18-19H2,1-2H3. The van der Waals surface area contributed by atoms with Crippen molar-refractivity contribution >= 4 is 35.1 Å². The fraction of sp³-hybridized carbons (Fsp3) is 0.433. The third-order valence-corrected chi connectivity index (χ3v) is 9.01. The minimum absolute atomic E-state index is 0.0408. The highest BCUT2D eigenvalue weighted by molar-refractivity contribution is 7.98. The Balaban J connectivity index is 1.07. The molecule has 0 saturated carbocycles. The van der Waals surface area contributed by atoms with E-state index in [0.29, 0.717) is 67.3 Å². The molecule has 0 unspecified atom stereocenters. The number of aromatic nitrogens is 2. The lowest BCUT2D eigenvalue weighted by atomic mass is 9.99. The Bertz CT molecular complexity index is 1410. The Kier molecular flexibility index (Phi) is 8.26. The van der Waals surface area contributed by atoms with Crippen molar-refractivity contribution in [2.24, 2.45) is 0 Å². The van der Waals surface area contributed by atoms with Gasteiger partial charge in [-0.3, -0.25) is 4.79 Å². The number of rotatable bonds is 7. The number of amides is 1. The lowest BCUT2D eigenvalue weighted by Gasteiger charge is -2.37. The first-order valence-electron chi connectivity index (χ1n) is 13.8. The quantitative estimate of drug-likeness (QED) is 0.213. The Morgan fingerprint density at radius 1 is 0.976 bits per heavy atom. The fourth-order valence-electron chi connectivity index (χ4n) is 5.60. The highest BCUT2D eigenvalue weighted by atomic mass is 35.5. The molecule has 6 rings (SSSR count). The molecular weight excluding hydrogens is 564 g/mol. The highest BCUT2D eigenvalue weighted by Gasteiger charge is 2.40. The van der Waals surface area contributed by atoms with Crippen LogP contribution in [0, 0.1) is 0 Å². The van der Waals surface area contributed by atoms with Crippen LogP contribution in [0.2, 0.25) is 5.15 Å². The molecule has 9 nitrogen and oxygen atoms in total. The molecule has 3 aliphatic heterocycles. The Morgan fingerprint density at radius 3 is 2.34 bits per heavy atom. The Hall–Kier alpha value is -3.05. The number of methoxy groups -OCH3 is 2. The highest BCUT2D eigenvalue weighted by Crippen LogP contribution is 2.35. The van der Waals surface area contributed by atoms with Gasteiger partial charge in [0.25, 0.3) is 5.91 Å². The van der Waals surface area contributed by atoms with Crippen LogP contribution in [0.25, 0.3) is 0 Å². The number of fused-ring (bicyclic) bond motifs is 1. The van der Waals surface area contributed by atoms with Gasteiger partial charge in [0.15, 0.2) is 22.4 Å². The van der Waals surface area contributed by atoms with E-state index in [1.165, 1.54) is 22.9 Å². The summed E-state index contributed by atoms with van der Waals surface area (Å²) in [6, 6.07) is 13.7. The molecular formula is C30H33ClN4O5S. The molecule has 0 aliphatic carbocycles. The van der Waals surface area contributed by atoms with Gasteiger partial charge in [-0.2, -0.15) is 0 Å². The van der Waals surface area contributed by atoms with Crippen LogP contribution in [0.4, 0.5) is 5.82 Å². The zero-order valence-corrected chi connectivity index (χ0v) is 24.8. The van der Waals surface area contributed by atoms with Gasteiger partial charge in [-0.05, 0) is 47.4 Å². The number of thioether (sulfide) groups is 1. The number of carbonyl (C=O) groups is 1. The van der Waals surface area contributed by atoms with Crippen molar-refractivity contribution in [2.45, 2.75) is 42.5 Å². The summed E-state index contributed by atoms with van der Waals surface area (Å²) in [6.07, 6.45) is 2.29. The molecule has 4 heterocycles. The van der Waals surface area contributed by atoms with E-state index < -0.39 is 5.79 Å². The number of benzene rings is 2. The first kappa shape index (κ1) is 28.1. The molecule has 0 radical (unpaired) electrons. The molecule has 2 aromatic carbocycles. The minimum atomic E-state index is -0.486. The molecule has 3 aliphatic rings. The number of carbonyl (C=O) groups excluding carboxylic acids is 1. The van der Waals surface area contributed by atoms with Gasteiger partial charge in [-0.25, -0.2) is 9.97 Å². The van der Waals surface area contributed by atoms with E-state index in [4.69, 9.17) is 35.5 Å². The lowest BCUT2D eigenvalue weighted by Crippen LogP contribution is -2.47. The van der Waals surface area contributed by atoms with E-state index in [1.54, 1.807) is 14.2 Å². The van der Waals surface area contributed by atoms with Gasteiger partial charge < -0.3 is 28.7 Å². The van der Waals surface area contributed by atoms with Gasteiger partial charge >= 0.3 is 0 Å². The average molecular weight is 597 g/mol. The zero-order valence-electron chi connectivity index (χ0n) is 23.2. The third kappa shape index (κ3) is 6.11. The number of nitrogens with zero attached hydrogens (tertiary/aromatic N) is 4. The molecule has 0 atom stereocenters. The van der Waals surface area contributed by atoms with Crippen molar-refractivity contribution in [3.63, 3.8) is 0 Å². The summed E-state index contributed by atoms with van der Waals surface area (Å²) in [5.41, 5.74) is 4.19. The van der Waals surface area contributed by atoms with Gasteiger partial charge in [0, 0.05) is 56.4 Å². The van der Waals surface area contributed by atoms with Crippen molar-refractivity contribution in [3.05, 3.63) is 69.9 Å². The molecule has 41 heavy (non-hydrogen) atoms. The Morgan fingerprint density at radius 2 is 1.66 bits per heavy atom.